The molecule has 21 heavy (non-hydrogen) atoms. The first kappa shape index (κ1) is 18.0. The van der Waals surface area contributed by atoms with E-state index in [2.05, 4.69) is 17.6 Å². The summed E-state index contributed by atoms with van der Waals surface area (Å²) in [5.74, 6) is -0.391. The molecule has 2 N–H and O–H groups in total. The van der Waals surface area contributed by atoms with Gasteiger partial charge in [0.2, 0.25) is 5.91 Å². The molecule has 1 unspecified atom stereocenters. The van der Waals surface area contributed by atoms with Gasteiger partial charge in [0, 0.05) is 13.1 Å². The fourth-order valence-corrected chi connectivity index (χ4v) is 2.46. The summed E-state index contributed by atoms with van der Waals surface area (Å²) >= 11 is 0. The maximum absolute atomic E-state index is 11.6. The van der Waals surface area contributed by atoms with Crippen molar-refractivity contribution >= 4 is 11.9 Å². The summed E-state index contributed by atoms with van der Waals surface area (Å²) in [4.78, 5) is 23.1. The summed E-state index contributed by atoms with van der Waals surface area (Å²) in [5.41, 5.74) is 0. The van der Waals surface area contributed by atoms with Crippen LogP contribution in [-0.2, 0) is 14.3 Å². The number of carbonyl (C=O) groups is 2. The average molecular weight is 298 g/mol. The molecule has 1 aliphatic heterocycles. The molecule has 1 heterocycles. The number of rotatable bonds is 11. The fraction of sp³-hybridized carbons (Fsp3) is 0.875. The van der Waals surface area contributed by atoms with E-state index in [-0.39, 0.29) is 18.3 Å². The van der Waals surface area contributed by atoms with Crippen LogP contribution in [0.4, 0.5) is 0 Å². The smallest absolute Gasteiger partial charge is 0.307 e. The second-order valence-corrected chi connectivity index (χ2v) is 5.70. The first-order valence-corrected chi connectivity index (χ1v) is 8.40. The van der Waals surface area contributed by atoms with Crippen molar-refractivity contribution in [2.24, 2.45) is 0 Å². The molecule has 1 amide bonds. The van der Waals surface area contributed by atoms with Gasteiger partial charge in [-0.2, -0.15) is 0 Å². The van der Waals surface area contributed by atoms with E-state index in [4.69, 9.17) is 4.74 Å². The Hall–Kier alpha value is -1.10. The number of amides is 1. The van der Waals surface area contributed by atoms with E-state index in [1.165, 1.54) is 38.5 Å². The molecule has 0 radical (unpaired) electrons. The third kappa shape index (κ3) is 8.71. The summed E-state index contributed by atoms with van der Waals surface area (Å²) < 4.78 is 5.18. The molecule has 1 atom stereocenters. The molecule has 0 aromatic carbocycles. The summed E-state index contributed by atoms with van der Waals surface area (Å²) in [6.45, 7) is 4.04. The number of carbonyl (C=O) groups excluding carboxylic acids is 2. The number of esters is 1. The standard InChI is InChI=1S/C16H30N2O3/c1-2-3-4-5-6-7-8-9-12-21-15(19)13-14-16(20)18-11-10-17-14/h14,17H,2-13H2,1H3,(H,18,20). The van der Waals surface area contributed by atoms with Gasteiger partial charge in [0.25, 0.3) is 0 Å². The van der Waals surface area contributed by atoms with E-state index >= 15 is 0 Å². The maximum atomic E-state index is 11.6. The van der Waals surface area contributed by atoms with Gasteiger partial charge in [0.05, 0.1) is 19.1 Å². The van der Waals surface area contributed by atoms with Crippen LogP contribution in [0.2, 0.25) is 0 Å². The molecular weight excluding hydrogens is 268 g/mol. The van der Waals surface area contributed by atoms with E-state index in [0.29, 0.717) is 19.7 Å². The molecule has 0 aromatic rings. The van der Waals surface area contributed by atoms with Gasteiger partial charge < -0.3 is 15.4 Å². The van der Waals surface area contributed by atoms with Gasteiger partial charge in [-0.25, -0.2) is 0 Å². The lowest BCUT2D eigenvalue weighted by Crippen LogP contribution is -2.53. The van der Waals surface area contributed by atoms with Gasteiger partial charge in [-0.1, -0.05) is 51.9 Å². The van der Waals surface area contributed by atoms with E-state index in [1.807, 2.05) is 0 Å². The van der Waals surface area contributed by atoms with Crippen LogP contribution in [0.25, 0.3) is 0 Å². The van der Waals surface area contributed by atoms with E-state index in [9.17, 15) is 9.59 Å². The molecule has 122 valence electrons. The topological polar surface area (TPSA) is 67.4 Å². The molecule has 0 saturated carbocycles. The van der Waals surface area contributed by atoms with Crippen LogP contribution in [0.1, 0.15) is 64.7 Å². The number of piperazine rings is 1. The van der Waals surface area contributed by atoms with Gasteiger partial charge in [0.1, 0.15) is 0 Å². The molecule has 5 heteroatoms. The average Bonchev–Trinajstić information content (AvgIpc) is 2.48. The number of ether oxygens (including phenoxy) is 1. The minimum Gasteiger partial charge on any atom is -0.466 e. The Morgan fingerprint density at radius 2 is 1.76 bits per heavy atom. The van der Waals surface area contributed by atoms with Crippen LogP contribution < -0.4 is 10.6 Å². The van der Waals surface area contributed by atoms with Crippen LogP contribution in [-0.4, -0.2) is 37.6 Å². The highest BCUT2D eigenvalue weighted by molar-refractivity contribution is 5.87. The number of hydrogen-bond donors (Lipinski definition) is 2. The second kappa shape index (κ2) is 11.5. The predicted molar refractivity (Wildman–Crippen MR) is 83.0 cm³/mol. The van der Waals surface area contributed by atoms with Crippen LogP contribution in [0, 0.1) is 0 Å². The van der Waals surface area contributed by atoms with Crippen LogP contribution in [0.15, 0.2) is 0 Å². The summed E-state index contributed by atoms with van der Waals surface area (Å²) in [6, 6.07) is -0.426. The number of hydrogen-bond acceptors (Lipinski definition) is 4. The van der Waals surface area contributed by atoms with Gasteiger partial charge in [-0.15, -0.1) is 0 Å². The summed E-state index contributed by atoms with van der Waals surface area (Å²) in [6.07, 6.45) is 9.92. The fourth-order valence-electron chi connectivity index (χ4n) is 2.46. The monoisotopic (exact) mass is 298 g/mol. The highest BCUT2D eigenvalue weighted by Gasteiger charge is 2.24. The molecule has 1 rings (SSSR count). The van der Waals surface area contributed by atoms with Crippen molar-refractivity contribution in [2.75, 3.05) is 19.7 Å². The first-order valence-electron chi connectivity index (χ1n) is 8.40. The zero-order valence-corrected chi connectivity index (χ0v) is 13.3. The lowest BCUT2D eigenvalue weighted by Gasteiger charge is -2.22. The largest absolute Gasteiger partial charge is 0.466 e. The van der Waals surface area contributed by atoms with Gasteiger partial charge in [0.15, 0.2) is 0 Å². The molecule has 0 bridgehead atoms. The van der Waals surface area contributed by atoms with Crippen molar-refractivity contribution in [1.82, 2.24) is 10.6 Å². The maximum Gasteiger partial charge on any atom is 0.307 e. The van der Waals surface area contributed by atoms with Crippen molar-refractivity contribution in [1.29, 1.82) is 0 Å². The van der Waals surface area contributed by atoms with Gasteiger partial charge >= 0.3 is 5.97 Å². The van der Waals surface area contributed by atoms with E-state index in [0.717, 1.165) is 12.8 Å². The third-order valence-electron chi connectivity index (χ3n) is 3.76. The lowest BCUT2D eigenvalue weighted by atomic mass is 10.1. The normalized spacial score (nSPS) is 18.3. The first-order chi connectivity index (χ1) is 10.2. The van der Waals surface area contributed by atoms with Crippen molar-refractivity contribution in [2.45, 2.75) is 70.8 Å². The quantitative estimate of drug-likeness (QED) is 0.453. The van der Waals surface area contributed by atoms with Crippen LogP contribution >= 0.6 is 0 Å². The molecule has 0 aromatic heterocycles. The molecule has 1 saturated heterocycles. The molecule has 1 fully saturated rings. The zero-order valence-electron chi connectivity index (χ0n) is 13.3. The van der Waals surface area contributed by atoms with Crippen molar-refractivity contribution in [3.8, 4) is 0 Å². The Bertz CT molecular complexity index is 308. The van der Waals surface area contributed by atoms with Gasteiger partial charge in [-0.05, 0) is 6.42 Å². The van der Waals surface area contributed by atoms with Crippen LogP contribution in [0.5, 0.6) is 0 Å². The lowest BCUT2D eigenvalue weighted by molar-refractivity contribution is -0.146. The van der Waals surface area contributed by atoms with E-state index in [1.54, 1.807) is 0 Å². The third-order valence-corrected chi connectivity index (χ3v) is 3.76. The highest BCUT2D eigenvalue weighted by atomic mass is 16.5. The second-order valence-electron chi connectivity index (χ2n) is 5.70. The predicted octanol–water partition coefficient (Wildman–Crippen LogP) is 2.15. The summed E-state index contributed by atoms with van der Waals surface area (Å²) in [7, 11) is 0. The van der Waals surface area contributed by atoms with E-state index < -0.39 is 6.04 Å². The van der Waals surface area contributed by atoms with Crippen LogP contribution in [0.3, 0.4) is 0 Å². The van der Waals surface area contributed by atoms with Crippen molar-refractivity contribution in [3.05, 3.63) is 0 Å². The van der Waals surface area contributed by atoms with Gasteiger partial charge in [-0.3, -0.25) is 9.59 Å². The van der Waals surface area contributed by atoms with Crippen molar-refractivity contribution in [3.63, 3.8) is 0 Å². The Morgan fingerprint density at radius 1 is 1.10 bits per heavy atom. The Kier molecular flexibility index (Phi) is 9.87. The molecule has 0 aliphatic carbocycles. The molecular formula is C16H30N2O3. The Morgan fingerprint density at radius 3 is 2.43 bits per heavy atom. The SMILES string of the molecule is CCCCCCCCCCOC(=O)CC1NCCNC1=O. The molecule has 5 nitrogen and oxygen atoms in total. The minimum atomic E-state index is -0.426. The Labute approximate surface area is 128 Å². The number of unbranched alkanes of at least 4 members (excludes halogenated alkanes) is 7. The molecule has 1 aliphatic rings. The Balaban J connectivity index is 1.92. The highest BCUT2D eigenvalue weighted by Crippen LogP contribution is 2.08. The molecule has 0 spiro atoms. The van der Waals surface area contributed by atoms with Crippen molar-refractivity contribution < 1.29 is 14.3 Å². The summed E-state index contributed by atoms with van der Waals surface area (Å²) in [5, 5.41) is 5.76. The zero-order chi connectivity index (χ0) is 15.3. The minimum absolute atomic E-state index is 0.106. The number of nitrogens with one attached hydrogen (secondary N) is 2.